The standard InChI is InChI=1S/C15H21NO3/c1-15(2,19)7-8-16-10-12-6-4-3-5-11(12)9-13(16)14(17)18/h3-6,13,19H,7-10H2,1-2H3,(H,17,18). The van der Waals surface area contributed by atoms with E-state index in [9.17, 15) is 15.0 Å². The molecular formula is C15H21NO3. The highest BCUT2D eigenvalue weighted by molar-refractivity contribution is 5.74. The fourth-order valence-electron chi connectivity index (χ4n) is 2.47. The zero-order valence-corrected chi connectivity index (χ0v) is 11.5. The van der Waals surface area contributed by atoms with E-state index in [1.54, 1.807) is 13.8 Å². The first-order valence-electron chi connectivity index (χ1n) is 6.63. The Hall–Kier alpha value is -1.39. The molecule has 1 aliphatic heterocycles. The van der Waals surface area contributed by atoms with E-state index in [1.807, 2.05) is 29.2 Å². The van der Waals surface area contributed by atoms with Gasteiger partial charge in [-0.1, -0.05) is 24.3 Å². The predicted octanol–water partition coefficient (Wildman–Crippen LogP) is 1.66. The summed E-state index contributed by atoms with van der Waals surface area (Å²) in [6.45, 7) is 4.74. The second-order valence-electron chi connectivity index (χ2n) is 5.86. The van der Waals surface area contributed by atoms with Crippen molar-refractivity contribution in [1.82, 2.24) is 4.90 Å². The van der Waals surface area contributed by atoms with Crippen LogP contribution in [0.5, 0.6) is 0 Å². The number of aliphatic carboxylic acids is 1. The Morgan fingerprint density at radius 3 is 2.58 bits per heavy atom. The molecule has 1 aliphatic rings. The van der Waals surface area contributed by atoms with Crippen LogP contribution in [0.25, 0.3) is 0 Å². The molecular weight excluding hydrogens is 242 g/mol. The fraction of sp³-hybridized carbons (Fsp3) is 0.533. The Labute approximate surface area is 113 Å². The van der Waals surface area contributed by atoms with Crippen LogP contribution in [0.2, 0.25) is 0 Å². The second kappa shape index (κ2) is 5.31. The number of carboxylic acids is 1. The maximum absolute atomic E-state index is 11.4. The molecule has 2 rings (SSSR count). The predicted molar refractivity (Wildman–Crippen MR) is 72.9 cm³/mol. The minimum atomic E-state index is -0.787. The Kier molecular flexibility index (Phi) is 3.92. The summed E-state index contributed by atoms with van der Waals surface area (Å²) in [5, 5.41) is 19.2. The molecule has 0 saturated heterocycles. The number of benzene rings is 1. The number of rotatable bonds is 4. The van der Waals surface area contributed by atoms with E-state index in [2.05, 4.69) is 0 Å². The molecule has 0 bridgehead atoms. The van der Waals surface area contributed by atoms with E-state index in [1.165, 1.54) is 5.56 Å². The summed E-state index contributed by atoms with van der Waals surface area (Å²) < 4.78 is 0. The van der Waals surface area contributed by atoms with Crippen LogP contribution in [0.1, 0.15) is 31.4 Å². The number of carbonyl (C=O) groups is 1. The van der Waals surface area contributed by atoms with Gasteiger partial charge in [0.15, 0.2) is 0 Å². The number of fused-ring (bicyclic) bond motifs is 1. The Morgan fingerprint density at radius 2 is 2.00 bits per heavy atom. The van der Waals surface area contributed by atoms with Crippen LogP contribution in [-0.4, -0.2) is 39.3 Å². The summed E-state index contributed by atoms with van der Waals surface area (Å²) >= 11 is 0. The minimum Gasteiger partial charge on any atom is -0.480 e. The van der Waals surface area contributed by atoms with Gasteiger partial charge in [0, 0.05) is 13.1 Å². The first kappa shape index (κ1) is 14.0. The van der Waals surface area contributed by atoms with Gasteiger partial charge in [-0.15, -0.1) is 0 Å². The van der Waals surface area contributed by atoms with E-state index < -0.39 is 17.6 Å². The topological polar surface area (TPSA) is 60.8 Å². The maximum Gasteiger partial charge on any atom is 0.321 e. The molecule has 0 aliphatic carbocycles. The van der Waals surface area contributed by atoms with Crippen molar-refractivity contribution in [3.05, 3.63) is 35.4 Å². The van der Waals surface area contributed by atoms with Gasteiger partial charge in [-0.05, 0) is 37.8 Å². The lowest BCUT2D eigenvalue weighted by Crippen LogP contribution is -2.47. The van der Waals surface area contributed by atoms with Crippen molar-refractivity contribution >= 4 is 5.97 Å². The molecule has 0 saturated carbocycles. The summed E-state index contributed by atoms with van der Waals surface area (Å²) in [4.78, 5) is 13.3. The van der Waals surface area contributed by atoms with Crippen molar-refractivity contribution in [3.8, 4) is 0 Å². The Bertz CT molecular complexity index is 465. The van der Waals surface area contributed by atoms with Gasteiger partial charge in [0.1, 0.15) is 6.04 Å². The van der Waals surface area contributed by atoms with Gasteiger partial charge >= 0.3 is 5.97 Å². The van der Waals surface area contributed by atoms with E-state index in [0.29, 0.717) is 25.9 Å². The average Bonchev–Trinajstić information content (AvgIpc) is 2.34. The molecule has 2 N–H and O–H groups in total. The highest BCUT2D eigenvalue weighted by Gasteiger charge is 2.31. The summed E-state index contributed by atoms with van der Waals surface area (Å²) in [7, 11) is 0. The molecule has 19 heavy (non-hydrogen) atoms. The summed E-state index contributed by atoms with van der Waals surface area (Å²) in [5.41, 5.74) is 1.55. The van der Waals surface area contributed by atoms with Gasteiger partial charge in [0.05, 0.1) is 5.60 Å². The number of nitrogens with zero attached hydrogens (tertiary/aromatic N) is 1. The van der Waals surface area contributed by atoms with Crippen LogP contribution >= 0.6 is 0 Å². The average molecular weight is 263 g/mol. The van der Waals surface area contributed by atoms with Gasteiger partial charge in [-0.3, -0.25) is 9.69 Å². The molecule has 0 fully saturated rings. The molecule has 4 nitrogen and oxygen atoms in total. The lowest BCUT2D eigenvalue weighted by atomic mass is 9.93. The molecule has 0 radical (unpaired) electrons. The monoisotopic (exact) mass is 263 g/mol. The summed E-state index contributed by atoms with van der Waals surface area (Å²) in [6.07, 6.45) is 1.11. The zero-order chi connectivity index (χ0) is 14.0. The summed E-state index contributed by atoms with van der Waals surface area (Å²) in [6, 6.07) is 7.48. The molecule has 1 aromatic rings. The highest BCUT2D eigenvalue weighted by atomic mass is 16.4. The molecule has 1 atom stereocenters. The third-order valence-corrected chi connectivity index (χ3v) is 3.64. The number of hydrogen-bond acceptors (Lipinski definition) is 3. The zero-order valence-electron chi connectivity index (χ0n) is 11.5. The largest absolute Gasteiger partial charge is 0.480 e. The molecule has 0 spiro atoms. The van der Waals surface area contributed by atoms with Crippen molar-refractivity contribution < 1.29 is 15.0 Å². The highest BCUT2D eigenvalue weighted by Crippen LogP contribution is 2.24. The van der Waals surface area contributed by atoms with E-state index in [-0.39, 0.29) is 0 Å². The van der Waals surface area contributed by atoms with Crippen LogP contribution in [0.3, 0.4) is 0 Å². The summed E-state index contributed by atoms with van der Waals surface area (Å²) in [5.74, 6) is -0.787. The molecule has 1 heterocycles. The van der Waals surface area contributed by atoms with Crippen LogP contribution < -0.4 is 0 Å². The molecule has 104 valence electrons. The van der Waals surface area contributed by atoms with Gasteiger partial charge < -0.3 is 10.2 Å². The molecule has 4 heteroatoms. The maximum atomic E-state index is 11.4. The lowest BCUT2D eigenvalue weighted by molar-refractivity contribution is -0.144. The molecule has 0 aromatic heterocycles. The van der Waals surface area contributed by atoms with E-state index >= 15 is 0 Å². The van der Waals surface area contributed by atoms with Crippen molar-refractivity contribution in [3.63, 3.8) is 0 Å². The first-order valence-corrected chi connectivity index (χ1v) is 6.63. The van der Waals surface area contributed by atoms with Crippen molar-refractivity contribution in [2.24, 2.45) is 0 Å². The first-order chi connectivity index (χ1) is 8.87. The molecule has 1 aromatic carbocycles. The molecule has 0 amide bonds. The number of hydrogen-bond donors (Lipinski definition) is 2. The van der Waals surface area contributed by atoms with Gasteiger partial charge in [0.25, 0.3) is 0 Å². The van der Waals surface area contributed by atoms with Crippen molar-refractivity contribution in [2.75, 3.05) is 6.54 Å². The van der Waals surface area contributed by atoms with Crippen LogP contribution in [0.15, 0.2) is 24.3 Å². The fourth-order valence-corrected chi connectivity index (χ4v) is 2.47. The smallest absolute Gasteiger partial charge is 0.321 e. The second-order valence-corrected chi connectivity index (χ2v) is 5.86. The van der Waals surface area contributed by atoms with Crippen molar-refractivity contribution in [2.45, 2.75) is 44.9 Å². The number of aliphatic hydroxyl groups is 1. The van der Waals surface area contributed by atoms with E-state index in [4.69, 9.17) is 0 Å². The van der Waals surface area contributed by atoms with Crippen LogP contribution in [0.4, 0.5) is 0 Å². The third-order valence-electron chi connectivity index (χ3n) is 3.64. The van der Waals surface area contributed by atoms with Crippen LogP contribution in [-0.2, 0) is 17.8 Å². The Morgan fingerprint density at radius 1 is 1.37 bits per heavy atom. The molecule has 1 unspecified atom stereocenters. The van der Waals surface area contributed by atoms with E-state index in [0.717, 1.165) is 5.56 Å². The number of carboxylic acid groups (broad SMARTS) is 1. The normalized spacial score (nSPS) is 20.1. The lowest BCUT2D eigenvalue weighted by Gasteiger charge is -2.35. The third kappa shape index (κ3) is 3.55. The van der Waals surface area contributed by atoms with Gasteiger partial charge in [-0.2, -0.15) is 0 Å². The van der Waals surface area contributed by atoms with Crippen LogP contribution in [0, 0.1) is 0 Å². The Balaban J connectivity index is 2.15. The van der Waals surface area contributed by atoms with Crippen molar-refractivity contribution in [1.29, 1.82) is 0 Å². The minimum absolute atomic E-state index is 0.489. The van der Waals surface area contributed by atoms with Gasteiger partial charge in [0.2, 0.25) is 0 Å². The quantitative estimate of drug-likeness (QED) is 0.867. The van der Waals surface area contributed by atoms with Gasteiger partial charge in [-0.25, -0.2) is 0 Å². The SMILES string of the molecule is CC(C)(O)CCN1Cc2ccccc2CC1C(=O)O.